The predicted octanol–water partition coefficient (Wildman–Crippen LogP) is 1.99. The molecular formula is C12H8N2O3S. The maximum absolute atomic E-state index is 11.4. The van der Waals surface area contributed by atoms with Crippen LogP contribution in [0.25, 0.3) is 11.1 Å². The quantitative estimate of drug-likeness (QED) is 0.895. The van der Waals surface area contributed by atoms with Gasteiger partial charge in [0.25, 0.3) is 5.91 Å². The highest BCUT2D eigenvalue weighted by molar-refractivity contribution is 7.55. The Labute approximate surface area is 106 Å². The van der Waals surface area contributed by atoms with Crippen LogP contribution in [0, 0.1) is 0 Å². The Morgan fingerprint density at radius 2 is 2.06 bits per heavy atom. The molecule has 1 amide bonds. The molecule has 1 aromatic heterocycles. The molecule has 1 N–H and O–H groups in total. The van der Waals surface area contributed by atoms with Crippen LogP contribution in [0.2, 0.25) is 0 Å². The van der Waals surface area contributed by atoms with Crippen LogP contribution >= 0.6 is 0 Å². The van der Waals surface area contributed by atoms with Gasteiger partial charge in [0.1, 0.15) is 5.75 Å². The molecule has 0 bridgehead atoms. The fourth-order valence-electron chi connectivity index (χ4n) is 1.51. The number of phenolic OH excluding ortho intramolecular Hbond substituents is 1. The molecule has 0 aliphatic carbocycles. The van der Waals surface area contributed by atoms with Crippen LogP contribution in [0.4, 0.5) is 0 Å². The van der Waals surface area contributed by atoms with Crippen molar-refractivity contribution in [3.63, 3.8) is 0 Å². The number of pyridine rings is 1. The van der Waals surface area contributed by atoms with Gasteiger partial charge in [0.15, 0.2) is 0 Å². The van der Waals surface area contributed by atoms with Crippen LogP contribution in [-0.4, -0.2) is 20.2 Å². The maximum Gasteiger partial charge on any atom is 0.291 e. The normalized spacial score (nSPS) is 9.78. The smallest absolute Gasteiger partial charge is 0.291 e. The Balaban J connectivity index is 2.48. The third-order valence-corrected chi connectivity index (χ3v) is 2.56. The van der Waals surface area contributed by atoms with Crippen LogP contribution < -0.4 is 0 Å². The van der Waals surface area contributed by atoms with E-state index in [4.69, 9.17) is 0 Å². The van der Waals surface area contributed by atoms with Crippen molar-refractivity contribution < 1.29 is 14.1 Å². The summed E-state index contributed by atoms with van der Waals surface area (Å²) in [5, 5.41) is 9.71. The molecule has 18 heavy (non-hydrogen) atoms. The van der Waals surface area contributed by atoms with E-state index in [2.05, 4.69) is 9.35 Å². The van der Waals surface area contributed by atoms with Crippen LogP contribution in [0.15, 0.2) is 47.1 Å². The van der Waals surface area contributed by atoms with E-state index in [1.54, 1.807) is 24.3 Å². The largest absolute Gasteiger partial charge is 0.507 e. The number of rotatable bonds is 2. The van der Waals surface area contributed by atoms with Crippen molar-refractivity contribution in [3.8, 4) is 16.9 Å². The lowest BCUT2D eigenvalue weighted by Gasteiger charge is -2.04. The molecule has 0 fully saturated rings. The second-order valence-electron chi connectivity index (χ2n) is 3.45. The third kappa shape index (κ3) is 2.49. The van der Waals surface area contributed by atoms with Gasteiger partial charge in [-0.25, -0.2) is 0 Å². The molecule has 0 atom stereocenters. The number of hydrogen-bond acceptors (Lipinski definition) is 4. The standard InChI is InChI=1S/C12H8N2O3S/c15-11-4-2-1-3-10(11)8-5-9(7-13-6-8)12(16)14-18-17/h1-7,15H. The number of para-hydroxylation sites is 1. The van der Waals surface area contributed by atoms with Crippen LogP contribution in [0.3, 0.4) is 0 Å². The van der Waals surface area contributed by atoms with Crippen molar-refractivity contribution >= 4 is 17.4 Å². The van der Waals surface area contributed by atoms with Crippen molar-refractivity contribution in [2.24, 2.45) is 4.36 Å². The number of phenols is 1. The Hall–Kier alpha value is -2.34. The fourth-order valence-corrected chi connectivity index (χ4v) is 1.68. The summed E-state index contributed by atoms with van der Waals surface area (Å²) in [5.41, 5.74) is 1.36. The maximum atomic E-state index is 11.4. The first-order valence-corrected chi connectivity index (χ1v) is 5.70. The summed E-state index contributed by atoms with van der Waals surface area (Å²) in [6.45, 7) is 0. The second-order valence-corrected chi connectivity index (χ2v) is 3.78. The van der Waals surface area contributed by atoms with Gasteiger partial charge in [-0.15, -0.1) is 4.36 Å². The van der Waals surface area contributed by atoms with Gasteiger partial charge in [-0.05, 0) is 12.1 Å². The van der Waals surface area contributed by atoms with E-state index >= 15 is 0 Å². The number of aromatic hydroxyl groups is 1. The van der Waals surface area contributed by atoms with Gasteiger partial charge in [0.05, 0.1) is 5.56 Å². The van der Waals surface area contributed by atoms with Crippen LogP contribution in [-0.2, 0) is 11.5 Å². The van der Waals surface area contributed by atoms with Crippen molar-refractivity contribution in [2.45, 2.75) is 0 Å². The number of carbonyl (C=O) groups is 1. The lowest BCUT2D eigenvalue weighted by Crippen LogP contribution is -1.95. The average Bonchev–Trinajstić information content (AvgIpc) is 2.40. The topological polar surface area (TPSA) is 79.6 Å². The van der Waals surface area contributed by atoms with E-state index in [0.717, 1.165) is 0 Å². The minimum atomic E-state index is -0.639. The zero-order chi connectivity index (χ0) is 13.0. The first-order valence-electron chi connectivity index (χ1n) is 5.00. The molecule has 0 spiro atoms. The summed E-state index contributed by atoms with van der Waals surface area (Å²) >= 11 is -0.142. The van der Waals surface area contributed by atoms with Gasteiger partial charge >= 0.3 is 0 Å². The number of aromatic nitrogens is 1. The zero-order valence-corrected chi connectivity index (χ0v) is 9.92. The first kappa shape index (κ1) is 12.1. The molecule has 0 aliphatic heterocycles. The molecule has 0 aliphatic rings. The van der Waals surface area contributed by atoms with Gasteiger partial charge in [-0.2, -0.15) is 4.21 Å². The molecule has 5 nitrogen and oxygen atoms in total. The molecule has 90 valence electrons. The Kier molecular flexibility index (Phi) is 3.59. The summed E-state index contributed by atoms with van der Waals surface area (Å²) in [5.74, 6) is -0.543. The molecule has 1 aromatic carbocycles. The summed E-state index contributed by atoms with van der Waals surface area (Å²) in [4.78, 5) is 15.3. The minimum Gasteiger partial charge on any atom is -0.507 e. The Morgan fingerprint density at radius 3 is 2.78 bits per heavy atom. The summed E-state index contributed by atoms with van der Waals surface area (Å²) in [6.07, 6.45) is 2.85. The lowest BCUT2D eigenvalue weighted by atomic mass is 10.1. The van der Waals surface area contributed by atoms with Crippen molar-refractivity contribution in [3.05, 3.63) is 48.3 Å². The molecule has 0 radical (unpaired) electrons. The van der Waals surface area contributed by atoms with E-state index in [9.17, 15) is 14.1 Å². The average molecular weight is 260 g/mol. The zero-order valence-electron chi connectivity index (χ0n) is 9.11. The van der Waals surface area contributed by atoms with Gasteiger partial charge in [0, 0.05) is 23.5 Å². The number of nitrogens with zero attached hydrogens (tertiary/aromatic N) is 2. The highest BCUT2D eigenvalue weighted by Gasteiger charge is 2.09. The van der Waals surface area contributed by atoms with E-state index in [-0.39, 0.29) is 22.8 Å². The number of hydrogen-bond donors (Lipinski definition) is 1. The van der Waals surface area contributed by atoms with E-state index < -0.39 is 5.91 Å². The predicted molar refractivity (Wildman–Crippen MR) is 66.2 cm³/mol. The van der Waals surface area contributed by atoms with Gasteiger partial charge in [-0.3, -0.25) is 9.78 Å². The van der Waals surface area contributed by atoms with E-state index in [0.29, 0.717) is 11.1 Å². The van der Waals surface area contributed by atoms with E-state index in [1.165, 1.54) is 18.5 Å². The summed E-state index contributed by atoms with van der Waals surface area (Å²) < 4.78 is 13.4. The molecule has 1 heterocycles. The second kappa shape index (κ2) is 5.33. The van der Waals surface area contributed by atoms with E-state index in [1.807, 2.05) is 0 Å². The van der Waals surface area contributed by atoms with Crippen molar-refractivity contribution in [1.29, 1.82) is 0 Å². The molecule has 0 saturated carbocycles. The molecule has 6 heteroatoms. The molecular weight excluding hydrogens is 252 g/mol. The number of benzene rings is 1. The Bertz CT molecular complexity index is 651. The third-order valence-electron chi connectivity index (χ3n) is 2.32. The van der Waals surface area contributed by atoms with Crippen molar-refractivity contribution in [1.82, 2.24) is 4.98 Å². The molecule has 2 rings (SSSR count). The highest BCUT2D eigenvalue weighted by atomic mass is 32.1. The molecule has 2 aromatic rings. The monoisotopic (exact) mass is 260 g/mol. The Morgan fingerprint density at radius 1 is 1.28 bits per heavy atom. The fraction of sp³-hybridized carbons (Fsp3) is 0. The number of carbonyl (C=O) groups excluding carboxylic acids is 1. The van der Waals surface area contributed by atoms with Gasteiger partial charge in [0.2, 0.25) is 11.5 Å². The minimum absolute atomic E-state index is 0.0963. The van der Waals surface area contributed by atoms with Crippen LogP contribution in [0.5, 0.6) is 5.75 Å². The summed E-state index contributed by atoms with van der Waals surface area (Å²) in [7, 11) is 0. The molecule has 0 unspecified atom stereocenters. The highest BCUT2D eigenvalue weighted by Crippen LogP contribution is 2.28. The lowest BCUT2D eigenvalue weighted by molar-refractivity contribution is 0.100. The summed E-state index contributed by atoms with van der Waals surface area (Å²) in [6, 6.07) is 8.25. The van der Waals surface area contributed by atoms with Gasteiger partial charge in [-0.1, -0.05) is 18.2 Å². The number of amides is 1. The van der Waals surface area contributed by atoms with Crippen LogP contribution in [0.1, 0.15) is 10.4 Å². The van der Waals surface area contributed by atoms with Gasteiger partial charge < -0.3 is 5.11 Å². The first-order chi connectivity index (χ1) is 8.72. The van der Waals surface area contributed by atoms with Crippen molar-refractivity contribution in [2.75, 3.05) is 0 Å². The molecule has 0 saturated heterocycles. The SMILES string of the molecule is O=S=NC(=O)c1cncc(-c2ccccc2O)c1.